The Balaban J connectivity index is 2.20. The molecule has 9 heteroatoms. The molecular formula is C21H28N2O6S. The predicted molar refractivity (Wildman–Crippen MR) is 115 cm³/mol. The molecule has 0 aromatic heterocycles. The van der Waals surface area contributed by atoms with Gasteiger partial charge < -0.3 is 19.5 Å². The van der Waals surface area contributed by atoms with Gasteiger partial charge in [0.15, 0.2) is 18.1 Å². The van der Waals surface area contributed by atoms with Crippen LogP contribution in [0.4, 0.5) is 5.69 Å². The molecule has 0 heterocycles. The average molecular weight is 437 g/mol. The summed E-state index contributed by atoms with van der Waals surface area (Å²) < 4.78 is 43.0. The Kier molecular flexibility index (Phi) is 8.08. The van der Waals surface area contributed by atoms with Gasteiger partial charge in [0, 0.05) is 13.1 Å². The molecule has 0 bridgehead atoms. The molecule has 0 aliphatic rings. The first-order chi connectivity index (χ1) is 14.3. The maximum absolute atomic E-state index is 12.8. The van der Waals surface area contributed by atoms with Gasteiger partial charge in [0.2, 0.25) is 10.0 Å². The number of carbonyl (C=O) groups excluding carboxylic acids is 1. The highest BCUT2D eigenvalue weighted by Gasteiger charge is 2.23. The number of benzene rings is 2. The van der Waals surface area contributed by atoms with E-state index in [2.05, 4.69) is 5.32 Å². The normalized spacial score (nSPS) is 11.3. The van der Waals surface area contributed by atoms with E-state index in [9.17, 15) is 13.2 Å². The second-order valence-corrected chi connectivity index (χ2v) is 8.38. The van der Waals surface area contributed by atoms with E-state index in [-0.39, 0.29) is 17.2 Å². The lowest BCUT2D eigenvalue weighted by Gasteiger charge is -2.19. The van der Waals surface area contributed by atoms with Crippen LogP contribution in [0.1, 0.15) is 19.4 Å². The Hall–Kier alpha value is -2.78. The maximum Gasteiger partial charge on any atom is 0.262 e. The molecule has 8 nitrogen and oxygen atoms in total. The number of rotatable bonds is 10. The zero-order valence-corrected chi connectivity index (χ0v) is 18.7. The molecule has 0 saturated carbocycles. The lowest BCUT2D eigenvalue weighted by Crippen LogP contribution is -2.30. The third kappa shape index (κ3) is 5.43. The minimum atomic E-state index is -3.67. The van der Waals surface area contributed by atoms with Crippen molar-refractivity contribution >= 4 is 21.6 Å². The number of hydrogen-bond acceptors (Lipinski definition) is 6. The zero-order chi connectivity index (χ0) is 22.3. The Morgan fingerprint density at radius 1 is 0.967 bits per heavy atom. The summed E-state index contributed by atoms with van der Waals surface area (Å²) in [6, 6.07) is 9.72. The molecular weight excluding hydrogens is 408 g/mol. The van der Waals surface area contributed by atoms with Crippen molar-refractivity contribution in [3.8, 4) is 17.2 Å². The summed E-state index contributed by atoms with van der Waals surface area (Å²) in [5, 5.41) is 2.66. The number of hydrogen-bond donors (Lipinski definition) is 1. The van der Waals surface area contributed by atoms with Crippen molar-refractivity contribution in [1.29, 1.82) is 0 Å². The zero-order valence-electron chi connectivity index (χ0n) is 17.9. The highest BCUT2D eigenvalue weighted by atomic mass is 32.2. The molecule has 0 fully saturated rings. The number of ether oxygens (including phenoxy) is 3. The molecule has 2 aromatic rings. The summed E-state index contributed by atoms with van der Waals surface area (Å²) in [5.41, 5.74) is 1.25. The fourth-order valence-corrected chi connectivity index (χ4v) is 4.37. The molecule has 0 aliphatic heterocycles. The fraction of sp³-hybridized carbons (Fsp3) is 0.381. The van der Waals surface area contributed by atoms with Gasteiger partial charge in [-0.3, -0.25) is 4.79 Å². The molecule has 1 amide bonds. The largest absolute Gasteiger partial charge is 0.495 e. The Labute approximate surface area is 177 Å². The number of sulfonamides is 1. The van der Waals surface area contributed by atoms with Crippen LogP contribution in [0.25, 0.3) is 0 Å². The number of amides is 1. The molecule has 0 unspecified atom stereocenters. The van der Waals surface area contributed by atoms with Crippen molar-refractivity contribution in [1.82, 2.24) is 4.31 Å². The summed E-state index contributed by atoms with van der Waals surface area (Å²) in [4.78, 5) is 12.5. The van der Waals surface area contributed by atoms with Gasteiger partial charge in [-0.25, -0.2) is 8.42 Å². The van der Waals surface area contributed by atoms with Crippen molar-refractivity contribution in [3.63, 3.8) is 0 Å². The van der Waals surface area contributed by atoms with Crippen LogP contribution in [0, 0.1) is 6.92 Å². The second-order valence-electron chi connectivity index (χ2n) is 6.44. The summed E-state index contributed by atoms with van der Waals surface area (Å²) in [6.07, 6.45) is 0. The highest BCUT2D eigenvalue weighted by molar-refractivity contribution is 7.89. The predicted octanol–water partition coefficient (Wildman–Crippen LogP) is 3.06. The van der Waals surface area contributed by atoms with E-state index in [1.807, 2.05) is 13.0 Å². The van der Waals surface area contributed by atoms with Crippen LogP contribution in [-0.4, -0.2) is 52.5 Å². The molecule has 2 rings (SSSR count). The third-order valence-corrected chi connectivity index (χ3v) is 6.51. The lowest BCUT2D eigenvalue weighted by atomic mass is 10.2. The fourth-order valence-electron chi connectivity index (χ4n) is 2.88. The van der Waals surface area contributed by atoms with Gasteiger partial charge in [-0.05, 0) is 42.8 Å². The van der Waals surface area contributed by atoms with E-state index in [0.717, 1.165) is 5.56 Å². The topological polar surface area (TPSA) is 94.2 Å². The number of nitrogens with one attached hydrogen (secondary N) is 1. The first-order valence-electron chi connectivity index (χ1n) is 9.52. The van der Waals surface area contributed by atoms with E-state index in [1.165, 1.54) is 36.7 Å². The standard InChI is InChI=1S/C21H28N2O6S/c1-6-23(7-2)30(25,26)16-9-11-18(27-4)17(13-16)22-21(24)14-29-19-10-8-15(3)12-20(19)28-5/h8-13H,6-7,14H2,1-5H3,(H,22,24). The van der Waals surface area contributed by atoms with Crippen LogP contribution >= 0.6 is 0 Å². The SMILES string of the molecule is CCN(CC)S(=O)(=O)c1ccc(OC)c(NC(=O)COc2ccc(C)cc2OC)c1. The van der Waals surface area contributed by atoms with Crippen molar-refractivity contribution in [2.24, 2.45) is 0 Å². The van der Waals surface area contributed by atoms with Gasteiger partial charge >= 0.3 is 0 Å². The van der Waals surface area contributed by atoms with E-state index >= 15 is 0 Å². The molecule has 164 valence electrons. The lowest BCUT2D eigenvalue weighted by molar-refractivity contribution is -0.118. The van der Waals surface area contributed by atoms with Crippen molar-refractivity contribution < 1.29 is 27.4 Å². The number of methoxy groups -OCH3 is 2. The summed E-state index contributed by atoms with van der Waals surface area (Å²) >= 11 is 0. The van der Waals surface area contributed by atoms with Crippen LogP contribution in [-0.2, 0) is 14.8 Å². The maximum atomic E-state index is 12.8. The molecule has 30 heavy (non-hydrogen) atoms. The molecule has 1 N–H and O–H groups in total. The van der Waals surface area contributed by atoms with Crippen molar-refractivity contribution in [2.75, 3.05) is 39.2 Å². The monoisotopic (exact) mass is 436 g/mol. The number of carbonyl (C=O) groups is 1. The van der Waals surface area contributed by atoms with E-state index in [4.69, 9.17) is 14.2 Å². The Bertz CT molecular complexity index is 987. The minimum Gasteiger partial charge on any atom is -0.495 e. The van der Waals surface area contributed by atoms with Crippen LogP contribution < -0.4 is 19.5 Å². The van der Waals surface area contributed by atoms with Gasteiger partial charge in [0.05, 0.1) is 24.8 Å². The van der Waals surface area contributed by atoms with E-state index in [0.29, 0.717) is 30.3 Å². The molecule has 2 aromatic carbocycles. The molecule has 0 radical (unpaired) electrons. The number of anilines is 1. The summed E-state index contributed by atoms with van der Waals surface area (Å²) in [6.45, 7) is 5.87. The average Bonchev–Trinajstić information content (AvgIpc) is 2.73. The van der Waals surface area contributed by atoms with Gasteiger partial charge in [-0.2, -0.15) is 4.31 Å². The van der Waals surface area contributed by atoms with Crippen molar-refractivity contribution in [2.45, 2.75) is 25.7 Å². The first kappa shape index (κ1) is 23.5. The van der Waals surface area contributed by atoms with E-state index < -0.39 is 15.9 Å². The molecule has 0 saturated heterocycles. The van der Waals surface area contributed by atoms with Gasteiger partial charge in [-0.1, -0.05) is 19.9 Å². The third-order valence-electron chi connectivity index (χ3n) is 4.47. The number of aryl methyl sites for hydroxylation is 1. The van der Waals surface area contributed by atoms with Crippen LogP contribution in [0.5, 0.6) is 17.2 Å². The van der Waals surface area contributed by atoms with Crippen LogP contribution in [0.3, 0.4) is 0 Å². The minimum absolute atomic E-state index is 0.0726. The Morgan fingerprint density at radius 3 is 2.20 bits per heavy atom. The van der Waals surface area contributed by atoms with Crippen LogP contribution in [0.15, 0.2) is 41.3 Å². The molecule has 0 spiro atoms. The summed E-state index contributed by atoms with van der Waals surface area (Å²) in [5.74, 6) is 0.832. The van der Waals surface area contributed by atoms with E-state index in [1.54, 1.807) is 26.0 Å². The number of nitrogens with zero attached hydrogens (tertiary/aromatic N) is 1. The first-order valence-corrected chi connectivity index (χ1v) is 11.0. The van der Waals surface area contributed by atoms with Gasteiger partial charge in [-0.15, -0.1) is 0 Å². The van der Waals surface area contributed by atoms with Gasteiger partial charge in [0.25, 0.3) is 5.91 Å². The summed E-state index contributed by atoms with van der Waals surface area (Å²) in [7, 11) is -0.710. The Morgan fingerprint density at radius 2 is 1.60 bits per heavy atom. The second kappa shape index (κ2) is 10.3. The molecule has 0 aliphatic carbocycles. The molecule has 0 atom stereocenters. The van der Waals surface area contributed by atoms with Crippen LogP contribution in [0.2, 0.25) is 0 Å². The van der Waals surface area contributed by atoms with Crippen molar-refractivity contribution in [3.05, 3.63) is 42.0 Å². The highest BCUT2D eigenvalue weighted by Crippen LogP contribution is 2.30. The quantitative estimate of drug-likeness (QED) is 0.615. The smallest absolute Gasteiger partial charge is 0.262 e. The van der Waals surface area contributed by atoms with Gasteiger partial charge in [0.1, 0.15) is 5.75 Å².